The summed E-state index contributed by atoms with van der Waals surface area (Å²) in [5.74, 6) is 0.816. The van der Waals surface area contributed by atoms with E-state index in [1.54, 1.807) is 29.9 Å². The van der Waals surface area contributed by atoms with Gasteiger partial charge < -0.3 is 5.32 Å². The second-order valence-corrected chi connectivity index (χ2v) is 4.13. The summed E-state index contributed by atoms with van der Waals surface area (Å²) in [5.41, 5.74) is 1.29. The van der Waals surface area contributed by atoms with Gasteiger partial charge in [0.15, 0.2) is 0 Å². The monoisotopic (exact) mass is 205 g/mol. The minimum Gasteiger partial charge on any atom is -0.365 e. The van der Waals surface area contributed by atoms with E-state index in [2.05, 4.69) is 33.7 Å². The van der Waals surface area contributed by atoms with Crippen molar-refractivity contribution >= 4 is 17.2 Å². The molecule has 72 valence electrons. The normalized spacial score (nSPS) is 10.1. The maximum atomic E-state index is 4.13. The Labute approximate surface area is 86.8 Å². The minimum absolute atomic E-state index is 0.809. The molecule has 0 saturated heterocycles. The Kier molecular flexibility index (Phi) is 2.74. The fraction of sp³-hybridized carbons (Fsp3) is 0.200. The van der Waals surface area contributed by atoms with Crippen molar-refractivity contribution in [2.45, 2.75) is 13.5 Å². The summed E-state index contributed by atoms with van der Waals surface area (Å²) in [6.07, 6.45) is 5.07. The van der Waals surface area contributed by atoms with Crippen LogP contribution in [0, 0.1) is 6.92 Å². The van der Waals surface area contributed by atoms with Crippen LogP contribution in [-0.2, 0) is 6.54 Å². The molecule has 4 heteroatoms. The number of anilines is 1. The maximum absolute atomic E-state index is 4.13. The van der Waals surface area contributed by atoms with Gasteiger partial charge in [-0.05, 0) is 23.9 Å². The lowest BCUT2D eigenvalue weighted by molar-refractivity contribution is 1.09. The van der Waals surface area contributed by atoms with Crippen LogP contribution in [-0.4, -0.2) is 9.97 Å². The molecule has 0 aliphatic rings. The molecule has 0 bridgehead atoms. The Morgan fingerprint density at radius 2 is 2.36 bits per heavy atom. The smallest absolute Gasteiger partial charge is 0.144 e. The SMILES string of the molecule is Cc1cc(CNc2cnccn2)cs1. The third kappa shape index (κ3) is 2.29. The van der Waals surface area contributed by atoms with Crippen molar-refractivity contribution in [3.8, 4) is 0 Å². The molecule has 1 N–H and O–H groups in total. The third-order valence-electron chi connectivity index (χ3n) is 1.82. The van der Waals surface area contributed by atoms with Crippen LogP contribution >= 0.6 is 11.3 Å². The van der Waals surface area contributed by atoms with Crippen LogP contribution in [0.15, 0.2) is 30.0 Å². The lowest BCUT2D eigenvalue weighted by Crippen LogP contribution is -1.99. The van der Waals surface area contributed by atoms with Gasteiger partial charge >= 0.3 is 0 Å². The highest BCUT2D eigenvalue weighted by molar-refractivity contribution is 7.10. The summed E-state index contributed by atoms with van der Waals surface area (Å²) in [6.45, 7) is 2.92. The Bertz CT molecular complexity index is 397. The molecule has 0 saturated carbocycles. The summed E-state index contributed by atoms with van der Waals surface area (Å²) < 4.78 is 0. The molecule has 0 aliphatic heterocycles. The molecular formula is C10H11N3S. The van der Waals surface area contributed by atoms with E-state index in [1.165, 1.54) is 10.4 Å². The zero-order valence-electron chi connectivity index (χ0n) is 7.90. The molecule has 0 atom stereocenters. The number of aryl methyl sites for hydroxylation is 1. The van der Waals surface area contributed by atoms with Gasteiger partial charge in [-0.2, -0.15) is 0 Å². The molecule has 14 heavy (non-hydrogen) atoms. The van der Waals surface area contributed by atoms with Crippen LogP contribution in [0.2, 0.25) is 0 Å². The molecule has 2 aromatic heterocycles. The highest BCUT2D eigenvalue weighted by Crippen LogP contribution is 2.13. The number of hydrogen-bond donors (Lipinski definition) is 1. The maximum Gasteiger partial charge on any atom is 0.144 e. The average Bonchev–Trinajstić information content (AvgIpc) is 2.63. The number of hydrogen-bond acceptors (Lipinski definition) is 4. The molecule has 0 aromatic carbocycles. The van der Waals surface area contributed by atoms with Crippen molar-refractivity contribution < 1.29 is 0 Å². The van der Waals surface area contributed by atoms with E-state index in [4.69, 9.17) is 0 Å². The van der Waals surface area contributed by atoms with Crippen molar-refractivity contribution in [3.05, 3.63) is 40.5 Å². The third-order valence-corrected chi connectivity index (χ3v) is 2.73. The largest absolute Gasteiger partial charge is 0.365 e. The van der Waals surface area contributed by atoms with Crippen molar-refractivity contribution in [3.63, 3.8) is 0 Å². The summed E-state index contributed by atoms with van der Waals surface area (Å²) in [7, 11) is 0. The second-order valence-electron chi connectivity index (χ2n) is 3.01. The van der Waals surface area contributed by atoms with Gasteiger partial charge in [0.05, 0.1) is 6.20 Å². The number of rotatable bonds is 3. The van der Waals surface area contributed by atoms with Crippen molar-refractivity contribution in [2.24, 2.45) is 0 Å². The lowest BCUT2D eigenvalue weighted by atomic mass is 10.3. The van der Waals surface area contributed by atoms with Crippen LogP contribution < -0.4 is 5.32 Å². The summed E-state index contributed by atoms with van der Waals surface area (Å²) in [4.78, 5) is 9.44. The molecule has 0 spiro atoms. The van der Waals surface area contributed by atoms with Gasteiger partial charge in [-0.1, -0.05) is 0 Å². The van der Waals surface area contributed by atoms with E-state index in [0.717, 1.165) is 12.4 Å². The van der Waals surface area contributed by atoms with Gasteiger partial charge in [-0.15, -0.1) is 11.3 Å². The van der Waals surface area contributed by atoms with Crippen LogP contribution in [0.3, 0.4) is 0 Å². The highest BCUT2D eigenvalue weighted by Gasteiger charge is 1.96. The van der Waals surface area contributed by atoms with E-state index < -0.39 is 0 Å². The first-order valence-corrected chi connectivity index (χ1v) is 5.26. The van der Waals surface area contributed by atoms with Crippen molar-refractivity contribution in [1.82, 2.24) is 9.97 Å². The first kappa shape index (κ1) is 9.15. The van der Waals surface area contributed by atoms with Gasteiger partial charge in [0.2, 0.25) is 0 Å². The lowest BCUT2D eigenvalue weighted by Gasteiger charge is -2.01. The second kappa shape index (κ2) is 4.19. The van der Waals surface area contributed by atoms with Gasteiger partial charge in [-0.25, -0.2) is 4.98 Å². The average molecular weight is 205 g/mol. The first-order valence-electron chi connectivity index (χ1n) is 4.38. The van der Waals surface area contributed by atoms with Gasteiger partial charge in [0, 0.05) is 23.8 Å². The van der Waals surface area contributed by atoms with E-state index >= 15 is 0 Å². The topological polar surface area (TPSA) is 37.8 Å². The number of aromatic nitrogens is 2. The van der Waals surface area contributed by atoms with Crippen LogP contribution in [0.25, 0.3) is 0 Å². The Morgan fingerprint density at radius 3 is 3.00 bits per heavy atom. The quantitative estimate of drug-likeness (QED) is 0.836. The van der Waals surface area contributed by atoms with Crippen LogP contribution in [0.4, 0.5) is 5.82 Å². The summed E-state index contributed by atoms with van der Waals surface area (Å²) in [5, 5.41) is 5.36. The molecule has 2 aromatic rings. The fourth-order valence-electron chi connectivity index (χ4n) is 1.17. The predicted octanol–water partition coefficient (Wildman–Crippen LogP) is 2.46. The Hall–Kier alpha value is -1.42. The number of thiophene rings is 1. The fourth-order valence-corrected chi connectivity index (χ4v) is 1.88. The van der Waals surface area contributed by atoms with Gasteiger partial charge in [0.25, 0.3) is 0 Å². The van der Waals surface area contributed by atoms with Gasteiger partial charge in [0.1, 0.15) is 5.82 Å². The number of nitrogens with one attached hydrogen (secondary N) is 1. The molecular weight excluding hydrogens is 194 g/mol. The minimum atomic E-state index is 0.809. The zero-order valence-corrected chi connectivity index (χ0v) is 8.71. The van der Waals surface area contributed by atoms with Gasteiger partial charge in [-0.3, -0.25) is 4.98 Å². The van der Waals surface area contributed by atoms with E-state index in [-0.39, 0.29) is 0 Å². The summed E-state index contributed by atoms with van der Waals surface area (Å²) in [6, 6.07) is 2.17. The summed E-state index contributed by atoms with van der Waals surface area (Å²) >= 11 is 1.76. The van der Waals surface area contributed by atoms with E-state index in [9.17, 15) is 0 Å². The van der Waals surface area contributed by atoms with Crippen molar-refractivity contribution in [2.75, 3.05) is 5.32 Å². The molecule has 0 aliphatic carbocycles. The predicted molar refractivity (Wildman–Crippen MR) is 58.4 cm³/mol. The van der Waals surface area contributed by atoms with E-state index in [1.807, 2.05) is 0 Å². The molecule has 0 radical (unpaired) electrons. The molecule has 0 unspecified atom stereocenters. The Morgan fingerprint density at radius 1 is 1.43 bits per heavy atom. The first-order chi connectivity index (χ1) is 6.84. The zero-order chi connectivity index (χ0) is 9.80. The highest BCUT2D eigenvalue weighted by atomic mass is 32.1. The van der Waals surface area contributed by atoms with Crippen LogP contribution in [0.5, 0.6) is 0 Å². The standard InChI is InChI=1S/C10H11N3S/c1-8-4-9(7-14-8)5-13-10-6-11-2-3-12-10/h2-4,6-7H,5H2,1H3,(H,12,13). The molecule has 0 amide bonds. The molecule has 2 rings (SSSR count). The molecule has 0 fully saturated rings. The van der Waals surface area contributed by atoms with Crippen LogP contribution in [0.1, 0.15) is 10.4 Å². The number of nitrogens with zero attached hydrogens (tertiary/aromatic N) is 2. The van der Waals surface area contributed by atoms with E-state index in [0.29, 0.717) is 0 Å². The Balaban J connectivity index is 1.95. The van der Waals surface area contributed by atoms with Crippen molar-refractivity contribution in [1.29, 1.82) is 0 Å². The molecule has 2 heterocycles. The molecule has 3 nitrogen and oxygen atoms in total.